The van der Waals surface area contributed by atoms with Gasteiger partial charge in [0.25, 0.3) is 0 Å². The molecule has 2 aromatic rings. The van der Waals surface area contributed by atoms with Gasteiger partial charge in [0, 0.05) is 10.2 Å². The molecule has 5 heteroatoms. The molecule has 0 aliphatic heterocycles. The summed E-state index contributed by atoms with van der Waals surface area (Å²) in [7, 11) is 0. The quantitative estimate of drug-likeness (QED) is 0.808. The molecular formula is C14H12Br2FNO. The summed E-state index contributed by atoms with van der Waals surface area (Å²) in [6.07, 6.45) is 0. The van der Waals surface area contributed by atoms with Crippen molar-refractivity contribution in [3.63, 3.8) is 0 Å². The topological polar surface area (TPSA) is 32.3 Å². The molecule has 2 nitrogen and oxygen atoms in total. The standard InChI is InChI=1S/C14H12Br2FNO/c15-10-3-1-2-4-13(10)18-14(8-19)9-5-6-12(17)11(16)7-9/h1-7,14,18-19H,8H2. The first-order valence-electron chi connectivity index (χ1n) is 5.68. The Balaban J connectivity index is 2.25. The minimum absolute atomic E-state index is 0.0839. The van der Waals surface area contributed by atoms with Crippen molar-refractivity contribution in [3.05, 3.63) is 62.8 Å². The van der Waals surface area contributed by atoms with Crippen LogP contribution in [-0.4, -0.2) is 11.7 Å². The maximum atomic E-state index is 13.2. The van der Waals surface area contributed by atoms with E-state index in [9.17, 15) is 9.50 Å². The third kappa shape index (κ3) is 3.55. The molecule has 0 amide bonds. The molecule has 100 valence electrons. The summed E-state index contributed by atoms with van der Waals surface area (Å²) in [5.41, 5.74) is 1.69. The summed E-state index contributed by atoms with van der Waals surface area (Å²) in [4.78, 5) is 0. The van der Waals surface area contributed by atoms with Gasteiger partial charge in [0.2, 0.25) is 0 Å². The molecule has 2 aromatic carbocycles. The molecule has 0 bridgehead atoms. The van der Waals surface area contributed by atoms with Crippen molar-refractivity contribution in [2.75, 3.05) is 11.9 Å². The van der Waals surface area contributed by atoms with Crippen LogP contribution in [0.1, 0.15) is 11.6 Å². The highest BCUT2D eigenvalue weighted by Gasteiger charge is 2.13. The van der Waals surface area contributed by atoms with Gasteiger partial charge in [-0.15, -0.1) is 0 Å². The van der Waals surface area contributed by atoms with Gasteiger partial charge in [0.15, 0.2) is 0 Å². The van der Waals surface area contributed by atoms with Gasteiger partial charge in [-0.3, -0.25) is 0 Å². The maximum Gasteiger partial charge on any atom is 0.137 e. The van der Waals surface area contributed by atoms with Crippen LogP contribution in [0.3, 0.4) is 0 Å². The molecule has 2 N–H and O–H groups in total. The number of para-hydroxylation sites is 1. The molecule has 0 heterocycles. The van der Waals surface area contributed by atoms with Crippen LogP contribution in [0.25, 0.3) is 0 Å². The van der Waals surface area contributed by atoms with E-state index in [-0.39, 0.29) is 18.5 Å². The fraction of sp³-hybridized carbons (Fsp3) is 0.143. The second-order valence-corrected chi connectivity index (χ2v) is 5.74. The molecule has 0 aliphatic rings. The van der Waals surface area contributed by atoms with E-state index in [1.54, 1.807) is 12.1 Å². The van der Waals surface area contributed by atoms with Crippen molar-refractivity contribution in [1.29, 1.82) is 0 Å². The third-order valence-corrected chi connectivity index (χ3v) is 4.03. The van der Waals surface area contributed by atoms with Crippen molar-refractivity contribution in [2.45, 2.75) is 6.04 Å². The zero-order valence-electron chi connectivity index (χ0n) is 9.91. The van der Waals surface area contributed by atoms with Crippen molar-refractivity contribution in [1.82, 2.24) is 0 Å². The van der Waals surface area contributed by atoms with Crippen molar-refractivity contribution >= 4 is 37.5 Å². The Kier molecular flexibility index (Phi) is 4.96. The van der Waals surface area contributed by atoms with E-state index >= 15 is 0 Å². The van der Waals surface area contributed by atoms with E-state index in [1.807, 2.05) is 24.3 Å². The van der Waals surface area contributed by atoms with E-state index in [0.29, 0.717) is 4.47 Å². The average Bonchev–Trinajstić information content (AvgIpc) is 2.41. The van der Waals surface area contributed by atoms with Crippen LogP contribution in [-0.2, 0) is 0 Å². The van der Waals surface area contributed by atoms with Crippen LogP contribution in [0.2, 0.25) is 0 Å². The Labute approximate surface area is 127 Å². The molecule has 0 fully saturated rings. The number of hydrogen-bond acceptors (Lipinski definition) is 2. The Hall–Kier alpha value is -0.910. The van der Waals surface area contributed by atoms with E-state index in [0.717, 1.165) is 15.7 Å². The predicted molar refractivity (Wildman–Crippen MR) is 81.7 cm³/mol. The number of benzene rings is 2. The van der Waals surface area contributed by atoms with Gasteiger partial charge in [-0.2, -0.15) is 0 Å². The van der Waals surface area contributed by atoms with Gasteiger partial charge in [0.1, 0.15) is 5.82 Å². The van der Waals surface area contributed by atoms with Crippen LogP contribution in [0, 0.1) is 5.82 Å². The average molecular weight is 389 g/mol. The molecule has 0 aromatic heterocycles. The first kappa shape index (κ1) is 14.5. The molecule has 0 saturated heterocycles. The number of rotatable bonds is 4. The van der Waals surface area contributed by atoms with Gasteiger partial charge in [-0.05, 0) is 61.7 Å². The lowest BCUT2D eigenvalue weighted by Crippen LogP contribution is -2.15. The number of nitrogens with one attached hydrogen (secondary N) is 1. The van der Waals surface area contributed by atoms with E-state index in [2.05, 4.69) is 37.2 Å². The zero-order chi connectivity index (χ0) is 13.8. The minimum Gasteiger partial charge on any atom is -0.394 e. The van der Waals surface area contributed by atoms with Gasteiger partial charge < -0.3 is 10.4 Å². The summed E-state index contributed by atoms with van der Waals surface area (Å²) in [6, 6.07) is 12.0. The lowest BCUT2D eigenvalue weighted by molar-refractivity contribution is 0.276. The van der Waals surface area contributed by atoms with E-state index in [1.165, 1.54) is 6.07 Å². The number of aliphatic hydroxyl groups excluding tert-OH is 1. The van der Waals surface area contributed by atoms with Gasteiger partial charge in [-0.1, -0.05) is 18.2 Å². The largest absolute Gasteiger partial charge is 0.394 e. The maximum absolute atomic E-state index is 13.2. The monoisotopic (exact) mass is 387 g/mol. The highest BCUT2D eigenvalue weighted by molar-refractivity contribution is 9.10. The molecule has 0 aliphatic carbocycles. The van der Waals surface area contributed by atoms with Crippen LogP contribution in [0.5, 0.6) is 0 Å². The Bertz CT molecular complexity index is 577. The second kappa shape index (κ2) is 6.50. The van der Waals surface area contributed by atoms with Crippen molar-refractivity contribution in [3.8, 4) is 0 Å². The molecule has 0 spiro atoms. The lowest BCUT2D eigenvalue weighted by Gasteiger charge is -2.19. The molecule has 2 rings (SSSR count). The number of aliphatic hydroxyl groups is 1. The first-order chi connectivity index (χ1) is 9.11. The number of hydrogen-bond donors (Lipinski definition) is 2. The van der Waals surface area contributed by atoms with E-state index < -0.39 is 0 Å². The molecule has 1 atom stereocenters. The normalized spacial score (nSPS) is 12.2. The van der Waals surface area contributed by atoms with Crippen LogP contribution in [0.4, 0.5) is 10.1 Å². The highest BCUT2D eigenvalue weighted by Crippen LogP contribution is 2.28. The van der Waals surface area contributed by atoms with Crippen LogP contribution < -0.4 is 5.32 Å². The Morgan fingerprint density at radius 1 is 1.11 bits per heavy atom. The summed E-state index contributed by atoms with van der Waals surface area (Å²) in [5, 5.41) is 12.7. The molecule has 0 saturated carbocycles. The minimum atomic E-state index is -0.318. The summed E-state index contributed by atoms with van der Waals surface area (Å²) in [6.45, 7) is -0.0839. The van der Waals surface area contributed by atoms with Crippen LogP contribution in [0.15, 0.2) is 51.4 Å². The lowest BCUT2D eigenvalue weighted by atomic mass is 10.1. The van der Waals surface area contributed by atoms with Crippen molar-refractivity contribution < 1.29 is 9.50 Å². The first-order valence-corrected chi connectivity index (χ1v) is 7.27. The summed E-state index contributed by atoms with van der Waals surface area (Å²) in [5.74, 6) is -0.318. The summed E-state index contributed by atoms with van der Waals surface area (Å²) < 4.78 is 14.5. The van der Waals surface area contributed by atoms with Crippen LogP contribution >= 0.6 is 31.9 Å². The smallest absolute Gasteiger partial charge is 0.137 e. The second-order valence-electron chi connectivity index (χ2n) is 4.03. The Morgan fingerprint density at radius 3 is 2.47 bits per heavy atom. The summed E-state index contributed by atoms with van der Waals surface area (Å²) >= 11 is 6.59. The van der Waals surface area contributed by atoms with Gasteiger partial charge in [0.05, 0.1) is 17.1 Å². The van der Waals surface area contributed by atoms with Gasteiger partial charge in [-0.25, -0.2) is 4.39 Å². The molecule has 19 heavy (non-hydrogen) atoms. The number of anilines is 1. The zero-order valence-corrected chi connectivity index (χ0v) is 13.1. The molecular weight excluding hydrogens is 377 g/mol. The highest BCUT2D eigenvalue weighted by atomic mass is 79.9. The predicted octanol–water partition coefficient (Wildman–Crippen LogP) is 4.50. The SMILES string of the molecule is OCC(Nc1ccccc1Br)c1ccc(F)c(Br)c1. The number of halogens is 3. The van der Waals surface area contributed by atoms with Crippen molar-refractivity contribution in [2.24, 2.45) is 0 Å². The van der Waals surface area contributed by atoms with E-state index in [4.69, 9.17) is 0 Å². The fourth-order valence-corrected chi connectivity index (χ4v) is 2.53. The van der Waals surface area contributed by atoms with Gasteiger partial charge >= 0.3 is 0 Å². The molecule has 1 unspecified atom stereocenters. The third-order valence-electron chi connectivity index (χ3n) is 2.73. The molecule has 0 radical (unpaired) electrons. The Morgan fingerprint density at radius 2 is 1.84 bits per heavy atom. The fourth-order valence-electron chi connectivity index (χ4n) is 1.73.